The number of ether oxygens (including phenoxy) is 4. The molecule has 6 nitrogen and oxygen atoms in total. The van der Waals surface area contributed by atoms with Crippen molar-refractivity contribution in [2.24, 2.45) is 0 Å². The summed E-state index contributed by atoms with van der Waals surface area (Å²) in [4.78, 5) is 14.4. The van der Waals surface area contributed by atoms with E-state index in [0.29, 0.717) is 19.6 Å². The molecule has 34 heavy (non-hydrogen) atoms. The third-order valence-electron chi connectivity index (χ3n) is 7.04. The molecule has 1 saturated heterocycles. The molecule has 2 aromatic rings. The van der Waals surface area contributed by atoms with Gasteiger partial charge in [0.25, 0.3) is 0 Å². The first kappa shape index (κ1) is 23.0. The Balaban J connectivity index is 1.12. The van der Waals surface area contributed by atoms with Crippen molar-refractivity contribution in [2.45, 2.75) is 63.6 Å². The highest BCUT2D eigenvalue weighted by molar-refractivity contribution is 5.70. The van der Waals surface area contributed by atoms with E-state index < -0.39 is 5.60 Å². The smallest absolute Gasteiger partial charge is 0.307 e. The molecule has 0 amide bonds. The SMILES string of the molecule is CC(C)(C)OC(=O)CCN1CCC2(CC1)COc1cc(OCC3Cc4ccccc4O3)ccc12. The first-order chi connectivity index (χ1) is 16.3. The van der Waals surface area contributed by atoms with Crippen LogP contribution in [0, 0.1) is 0 Å². The van der Waals surface area contributed by atoms with Crippen LogP contribution in [-0.4, -0.2) is 55.4 Å². The molecular formula is C28H35NO5. The molecule has 1 atom stereocenters. The maximum absolute atomic E-state index is 12.1. The molecular weight excluding hydrogens is 430 g/mol. The normalized spacial score (nSPS) is 20.9. The monoisotopic (exact) mass is 465 g/mol. The Labute approximate surface area is 202 Å². The van der Waals surface area contributed by atoms with E-state index in [0.717, 1.165) is 56.1 Å². The first-order valence-electron chi connectivity index (χ1n) is 12.4. The molecule has 3 aliphatic heterocycles. The molecule has 5 rings (SSSR count). The van der Waals surface area contributed by atoms with E-state index in [2.05, 4.69) is 23.1 Å². The number of carbonyl (C=O) groups excluding carboxylic acids is 1. The summed E-state index contributed by atoms with van der Waals surface area (Å²) in [5, 5.41) is 0. The molecule has 0 saturated carbocycles. The number of piperidine rings is 1. The lowest BCUT2D eigenvalue weighted by Crippen LogP contribution is -2.44. The second kappa shape index (κ2) is 9.14. The van der Waals surface area contributed by atoms with E-state index in [1.165, 1.54) is 11.1 Å². The predicted octanol–water partition coefficient (Wildman–Crippen LogP) is 4.53. The van der Waals surface area contributed by atoms with Gasteiger partial charge in [-0.3, -0.25) is 4.79 Å². The Morgan fingerprint density at radius 3 is 2.68 bits per heavy atom. The topological polar surface area (TPSA) is 57.2 Å². The Hall–Kier alpha value is -2.73. The molecule has 3 heterocycles. The predicted molar refractivity (Wildman–Crippen MR) is 130 cm³/mol. The van der Waals surface area contributed by atoms with E-state index in [4.69, 9.17) is 18.9 Å². The zero-order valence-electron chi connectivity index (χ0n) is 20.5. The van der Waals surface area contributed by atoms with Crippen molar-refractivity contribution < 1.29 is 23.7 Å². The average Bonchev–Trinajstić information content (AvgIpc) is 3.37. The molecule has 0 aromatic heterocycles. The van der Waals surface area contributed by atoms with E-state index in [-0.39, 0.29) is 17.5 Å². The summed E-state index contributed by atoms with van der Waals surface area (Å²) in [5.41, 5.74) is 2.17. The summed E-state index contributed by atoms with van der Waals surface area (Å²) < 4.78 is 23.6. The standard InChI is InChI=1S/C28H35NO5/c1-27(2,3)34-26(30)10-13-29-14-11-28(12-15-29)19-32-25-17-21(8-9-23(25)28)31-18-22-16-20-6-4-5-7-24(20)33-22/h4-9,17,22H,10-16,18-19H2,1-3H3. The number of carbonyl (C=O) groups is 1. The Morgan fingerprint density at radius 2 is 1.91 bits per heavy atom. The van der Waals surface area contributed by atoms with Crippen molar-refractivity contribution in [3.8, 4) is 17.2 Å². The van der Waals surface area contributed by atoms with Gasteiger partial charge in [0.1, 0.15) is 35.6 Å². The number of para-hydroxylation sites is 1. The van der Waals surface area contributed by atoms with Gasteiger partial charge in [0.15, 0.2) is 0 Å². The minimum Gasteiger partial charge on any atom is -0.492 e. The van der Waals surface area contributed by atoms with E-state index in [1.54, 1.807) is 0 Å². The van der Waals surface area contributed by atoms with Crippen LogP contribution in [0.3, 0.4) is 0 Å². The van der Waals surface area contributed by atoms with E-state index >= 15 is 0 Å². The van der Waals surface area contributed by atoms with Gasteiger partial charge in [-0.25, -0.2) is 0 Å². The van der Waals surface area contributed by atoms with Crippen LogP contribution in [0.2, 0.25) is 0 Å². The van der Waals surface area contributed by atoms with Crippen LogP contribution < -0.4 is 14.2 Å². The number of nitrogens with zero attached hydrogens (tertiary/aromatic N) is 1. The molecule has 1 unspecified atom stereocenters. The van der Waals surface area contributed by atoms with Crippen LogP contribution in [0.1, 0.15) is 51.2 Å². The van der Waals surface area contributed by atoms with Gasteiger partial charge in [-0.1, -0.05) is 24.3 Å². The molecule has 2 aromatic carbocycles. The maximum atomic E-state index is 12.1. The van der Waals surface area contributed by atoms with Crippen LogP contribution in [0.25, 0.3) is 0 Å². The van der Waals surface area contributed by atoms with Crippen LogP contribution in [-0.2, 0) is 21.4 Å². The summed E-state index contributed by atoms with van der Waals surface area (Å²) in [6, 6.07) is 14.4. The highest BCUT2D eigenvalue weighted by Crippen LogP contribution is 2.46. The van der Waals surface area contributed by atoms with Crippen LogP contribution in [0.5, 0.6) is 17.2 Å². The molecule has 0 bridgehead atoms. The highest BCUT2D eigenvalue weighted by Gasteiger charge is 2.43. The van der Waals surface area contributed by atoms with E-state index in [9.17, 15) is 4.79 Å². The number of esters is 1. The molecule has 0 aliphatic carbocycles. The van der Waals surface area contributed by atoms with Gasteiger partial charge in [0, 0.05) is 30.0 Å². The second-order valence-electron chi connectivity index (χ2n) is 10.8. The Morgan fingerprint density at radius 1 is 1.12 bits per heavy atom. The summed E-state index contributed by atoms with van der Waals surface area (Å²) in [6.45, 7) is 9.63. The summed E-state index contributed by atoms with van der Waals surface area (Å²) in [5.74, 6) is 2.61. The van der Waals surface area contributed by atoms with Crippen molar-refractivity contribution in [3.63, 3.8) is 0 Å². The van der Waals surface area contributed by atoms with Crippen molar-refractivity contribution in [3.05, 3.63) is 53.6 Å². The van der Waals surface area contributed by atoms with Crippen molar-refractivity contribution in [1.82, 2.24) is 4.90 Å². The molecule has 182 valence electrons. The van der Waals surface area contributed by atoms with Gasteiger partial charge in [0.2, 0.25) is 0 Å². The quantitative estimate of drug-likeness (QED) is 0.585. The number of rotatable bonds is 6. The summed E-state index contributed by atoms with van der Waals surface area (Å²) in [6.07, 6.45) is 3.42. The van der Waals surface area contributed by atoms with Crippen LogP contribution in [0.15, 0.2) is 42.5 Å². The number of likely N-dealkylation sites (tertiary alicyclic amines) is 1. The minimum absolute atomic E-state index is 0.0444. The van der Waals surface area contributed by atoms with Crippen LogP contribution in [0.4, 0.5) is 0 Å². The number of hydrogen-bond donors (Lipinski definition) is 0. The van der Waals surface area contributed by atoms with Gasteiger partial charge < -0.3 is 23.8 Å². The second-order valence-corrected chi connectivity index (χ2v) is 10.8. The zero-order chi connectivity index (χ0) is 23.8. The maximum Gasteiger partial charge on any atom is 0.307 e. The fourth-order valence-corrected chi connectivity index (χ4v) is 5.24. The third kappa shape index (κ3) is 5.02. The van der Waals surface area contributed by atoms with Gasteiger partial charge >= 0.3 is 5.97 Å². The third-order valence-corrected chi connectivity index (χ3v) is 7.04. The fourth-order valence-electron chi connectivity index (χ4n) is 5.24. The minimum atomic E-state index is -0.425. The lowest BCUT2D eigenvalue weighted by atomic mass is 9.74. The molecule has 3 aliphatic rings. The largest absolute Gasteiger partial charge is 0.492 e. The van der Waals surface area contributed by atoms with Crippen molar-refractivity contribution in [2.75, 3.05) is 32.8 Å². The lowest BCUT2D eigenvalue weighted by molar-refractivity contribution is -0.155. The lowest BCUT2D eigenvalue weighted by Gasteiger charge is -2.38. The fraction of sp³-hybridized carbons (Fsp3) is 0.536. The van der Waals surface area contributed by atoms with Gasteiger partial charge in [-0.05, 0) is 64.4 Å². The Kier molecular flexibility index (Phi) is 6.19. The van der Waals surface area contributed by atoms with Crippen molar-refractivity contribution in [1.29, 1.82) is 0 Å². The Bertz CT molecular complexity index is 1010. The van der Waals surface area contributed by atoms with Gasteiger partial charge in [0.05, 0.1) is 13.0 Å². The molecule has 1 fully saturated rings. The zero-order valence-corrected chi connectivity index (χ0v) is 20.5. The number of hydrogen-bond acceptors (Lipinski definition) is 6. The molecule has 6 heteroatoms. The number of benzene rings is 2. The average molecular weight is 466 g/mol. The van der Waals surface area contributed by atoms with E-state index in [1.807, 2.05) is 45.0 Å². The first-order valence-corrected chi connectivity index (χ1v) is 12.4. The molecule has 0 N–H and O–H groups in total. The van der Waals surface area contributed by atoms with Crippen LogP contribution >= 0.6 is 0 Å². The van der Waals surface area contributed by atoms with Crippen molar-refractivity contribution >= 4 is 5.97 Å². The van der Waals surface area contributed by atoms with Gasteiger partial charge in [-0.15, -0.1) is 0 Å². The summed E-state index contributed by atoms with van der Waals surface area (Å²) >= 11 is 0. The molecule has 1 spiro atoms. The number of fused-ring (bicyclic) bond motifs is 3. The highest BCUT2D eigenvalue weighted by atomic mass is 16.6. The summed E-state index contributed by atoms with van der Waals surface area (Å²) in [7, 11) is 0. The molecule has 0 radical (unpaired) electrons. The van der Waals surface area contributed by atoms with Gasteiger partial charge in [-0.2, -0.15) is 0 Å².